The van der Waals surface area contributed by atoms with Gasteiger partial charge in [0.05, 0.1) is 25.9 Å². The molecule has 18 heavy (non-hydrogen) atoms. The zero-order chi connectivity index (χ0) is 13.4. The average molecular weight is 254 g/mol. The fraction of sp³-hybridized carbons (Fsp3) is 0.667. The van der Waals surface area contributed by atoms with Crippen LogP contribution in [0, 0.1) is 5.92 Å². The van der Waals surface area contributed by atoms with Gasteiger partial charge in [0, 0.05) is 24.8 Å². The van der Waals surface area contributed by atoms with Gasteiger partial charge in [0.15, 0.2) is 0 Å². The number of hydrogen-bond acceptors (Lipinski definition) is 4. The van der Waals surface area contributed by atoms with E-state index in [9.17, 15) is 4.79 Å². The van der Waals surface area contributed by atoms with Crippen LogP contribution in [0.4, 0.5) is 0 Å². The van der Waals surface area contributed by atoms with Crippen molar-refractivity contribution >= 4 is 5.91 Å². The van der Waals surface area contributed by atoms with Gasteiger partial charge in [-0.1, -0.05) is 13.8 Å². The predicted molar refractivity (Wildman–Crippen MR) is 68.9 cm³/mol. The third kappa shape index (κ3) is 5.79. The van der Waals surface area contributed by atoms with Crippen molar-refractivity contribution in [3.63, 3.8) is 0 Å². The van der Waals surface area contributed by atoms with E-state index >= 15 is 0 Å². The molecule has 0 saturated carbocycles. The highest BCUT2D eigenvalue weighted by atomic mass is 16.3. The molecule has 1 aromatic rings. The standard InChI is InChI=1S/C12H22N4O2/c1-10(2)5-14-12(18)8-13-6-11-7-15-16(9-11)3-4-17/h7,9-10,13,17H,3-6,8H2,1-2H3,(H,14,18). The minimum atomic E-state index is 0.00597. The number of carbonyl (C=O) groups is 1. The van der Waals surface area contributed by atoms with E-state index in [0.717, 1.165) is 5.56 Å². The lowest BCUT2D eigenvalue weighted by molar-refractivity contribution is -0.120. The molecule has 6 nitrogen and oxygen atoms in total. The molecule has 0 saturated heterocycles. The molecule has 0 atom stereocenters. The van der Waals surface area contributed by atoms with Gasteiger partial charge in [0.25, 0.3) is 0 Å². The highest BCUT2D eigenvalue weighted by molar-refractivity contribution is 5.77. The molecule has 0 unspecified atom stereocenters. The summed E-state index contributed by atoms with van der Waals surface area (Å²) >= 11 is 0. The number of nitrogens with one attached hydrogen (secondary N) is 2. The molecule has 0 aliphatic rings. The number of amides is 1. The number of hydrogen-bond donors (Lipinski definition) is 3. The normalized spacial score (nSPS) is 10.9. The lowest BCUT2D eigenvalue weighted by Crippen LogP contribution is -2.35. The predicted octanol–water partition coefficient (Wildman–Crippen LogP) is -0.263. The molecule has 0 spiro atoms. The Bertz CT molecular complexity index is 363. The lowest BCUT2D eigenvalue weighted by atomic mass is 10.2. The molecule has 0 fully saturated rings. The van der Waals surface area contributed by atoms with E-state index in [0.29, 0.717) is 32.1 Å². The van der Waals surface area contributed by atoms with E-state index in [-0.39, 0.29) is 12.5 Å². The van der Waals surface area contributed by atoms with Gasteiger partial charge < -0.3 is 15.7 Å². The van der Waals surface area contributed by atoms with Crippen LogP contribution >= 0.6 is 0 Å². The summed E-state index contributed by atoms with van der Waals surface area (Å²) in [5, 5.41) is 18.7. The van der Waals surface area contributed by atoms with Crippen LogP contribution in [0.2, 0.25) is 0 Å². The second-order valence-corrected chi connectivity index (χ2v) is 4.64. The zero-order valence-electron chi connectivity index (χ0n) is 11.0. The summed E-state index contributed by atoms with van der Waals surface area (Å²) in [6.07, 6.45) is 3.59. The van der Waals surface area contributed by atoms with Gasteiger partial charge in [-0.3, -0.25) is 9.48 Å². The average Bonchev–Trinajstić information content (AvgIpc) is 2.75. The van der Waals surface area contributed by atoms with Crippen molar-refractivity contribution in [2.24, 2.45) is 5.92 Å². The monoisotopic (exact) mass is 254 g/mol. The third-order valence-electron chi connectivity index (χ3n) is 2.34. The molecule has 1 heterocycles. The van der Waals surface area contributed by atoms with Gasteiger partial charge in [-0.05, 0) is 5.92 Å². The van der Waals surface area contributed by atoms with Gasteiger partial charge in [0.2, 0.25) is 5.91 Å². The highest BCUT2D eigenvalue weighted by Crippen LogP contribution is 1.96. The maximum absolute atomic E-state index is 11.4. The van der Waals surface area contributed by atoms with Crippen molar-refractivity contribution in [3.8, 4) is 0 Å². The van der Waals surface area contributed by atoms with Crippen molar-refractivity contribution < 1.29 is 9.90 Å². The molecule has 1 amide bonds. The van der Waals surface area contributed by atoms with Crippen LogP contribution in [-0.2, 0) is 17.9 Å². The Kier molecular flexibility index (Phi) is 6.38. The van der Waals surface area contributed by atoms with E-state index in [1.54, 1.807) is 10.9 Å². The Morgan fingerprint density at radius 1 is 1.56 bits per heavy atom. The highest BCUT2D eigenvalue weighted by Gasteiger charge is 2.02. The SMILES string of the molecule is CC(C)CNC(=O)CNCc1cnn(CCO)c1. The van der Waals surface area contributed by atoms with Crippen molar-refractivity contribution in [2.75, 3.05) is 19.7 Å². The van der Waals surface area contributed by atoms with Crippen molar-refractivity contribution in [1.29, 1.82) is 0 Å². The smallest absolute Gasteiger partial charge is 0.233 e. The number of aromatic nitrogens is 2. The summed E-state index contributed by atoms with van der Waals surface area (Å²) in [5.41, 5.74) is 1.00. The van der Waals surface area contributed by atoms with E-state index in [2.05, 4.69) is 29.6 Å². The van der Waals surface area contributed by atoms with E-state index < -0.39 is 0 Å². The minimum absolute atomic E-state index is 0.00597. The fourth-order valence-electron chi connectivity index (χ4n) is 1.42. The Morgan fingerprint density at radius 2 is 2.33 bits per heavy atom. The maximum Gasteiger partial charge on any atom is 0.233 e. The van der Waals surface area contributed by atoms with Gasteiger partial charge in [-0.15, -0.1) is 0 Å². The molecule has 0 aromatic carbocycles. The largest absolute Gasteiger partial charge is 0.394 e. The second kappa shape index (κ2) is 7.84. The van der Waals surface area contributed by atoms with Crippen LogP contribution in [0.15, 0.2) is 12.4 Å². The number of carbonyl (C=O) groups excluding carboxylic acids is 1. The zero-order valence-corrected chi connectivity index (χ0v) is 11.0. The third-order valence-corrected chi connectivity index (χ3v) is 2.34. The number of aliphatic hydroxyl groups is 1. The van der Waals surface area contributed by atoms with Crippen LogP contribution in [0.5, 0.6) is 0 Å². The molecule has 0 aliphatic heterocycles. The molecule has 1 aromatic heterocycles. The topological polar surface area (TPSA) is 79.2 Å². The molecule has 0 aliphatic carbocycles. The van der Waals surface area contributed by atoms with Crippen LogP contribution in [-0.4, -0.2) is 40.5 Å². The molecule has 6 heteroatoms. The van der Waals surface area contributed by atoms with Gasteiger partial charge in [-0.25, -0.2) is 0 Å². The van der Waals surface area contributed by atoms with E-state index in [1.165, 1.54) is 0 Å². The molecular weight excluding hydrogens is 232 g/mol. The van der Waals surface area contributed by atoms with E-state index in [1.807, 2.05) is 6.20 Å². The first-order valence-corrected chi connectivity index (χ1v) is 6.21. The first kappa shape index (κ1) is 14.7. The quantitative estimate of drug-likeness (QED) is 0.597. The summed E-state index contributed by atoms with van der Waals surface area (Å²) in [4.78, 5) is 11.4. The van der Waals surface area contributed by atoms with Crippen molar-refractivity contribution in [3.05, 3.63) is 18.0 Å². The summed E-state index contributed by atoms with van der Waals surface area (Å²) in [6, 6.07) is 0. The Hall–Kier alpha value is -1.40. The summed E-state index contributed by atoms with van der Waals surface area (Å²) < 4.78 is 1.68. The van der Waals surface area contributed by atoms with Crippen molar-refractivity contribution in [1.82, 2.24) is 20.4 Å². The fourth-order valence-corrected chi connectivity index (χ4v) is 1.42. The number of nitrogens with zero attached hydrogens (tertiary/aromatic N) is 2. The lowest BCUT2D eigenvalue weighted by Gasteiger charge is -2.07. The molecular formula is C12H22N4O2. The Morgan fingerprint density at radius 3 is 3.00 bits per heavy atom. The summed E-state index contributed by atoms with van der Waals surface area (Å²) in [5.74, 6) is 0.470. The summed E-state index contributed by atoms with van der Waals surface area (Å²) in [7, 11) is 0. The van der Waals surface area contributed by atoms with Crippen molar-refractivity contribution in [2.45, 2.75) is 26.9 Å². The maximum atomic E-state index is 11.4. The molecule has 1 rings (SSSR count). The van der Waals surface area contributed by atoms with E-state index in [4.69, 9.17) is 5.11 Å². The van der Waals surface area contributed by atoms with Crippen LogP contribution in [0.1, 0.15) is 19.4 Å². The minimum Gasteiger partial charge on any atom is -0.394 e. The Balaban J connectivity index is 2.18. The molecule has 0 radical (unpaired) electrons. The van der Waals surface area contributed by atoms with Crippen LogP contribution in [0.25, 0.3) is 0 Å². The first-order chi connectivity index (χ1) is 8.61. The summed E-state index contributed by atoms with van der Waals surface area (Å²) in [6.45, 7) is 6.29. The van der Waals surface area contributed by atoms with Gasteiger partial charge in [0.1, 0.15) is 0 Å². The van der Waals surface area contributed by atoms with Gasteiger partial charge in [-0.2, -0.15) is 5.10 Å². The number of aliphatic hydroxyl groups excluding tert-OH is 1. The first-order valence-electron chi connectivity index (χ1n) is 6.21. The molecule has 3 N–H and O–H groups in total. The molecule has 0 bridgehead atoms. The number of rotatable bonds is 8. The van der Waals surface area contributed by atoms with Crippen LogP contribution < -0.4 is 10.6 Å². The molecule has 102 valence electrons. The second-order valence-electron chi connectivity index (χ2n) is 4.64. The van der Waals surface area contributed by atoms with Gasteiger partial charge >= 0.3 is 0 Å². The van der Waals surface area contributed by atoms with Crippen LogP contribution in [0.3, 0.4) is 0 Å². The Labute approximate surface area is 107 Å².